The molecule has 0 saturated carbocycles. The molecule has 1 atom stereocenters. The van der Waals surface area contributed by atoms with E-state index in [-0.39, 0.29) is 11.8 Å². The summed E-state index contributed by atoms with van der Waals surface area (Å²) in [7, 11) is 3.16. The second kappa shape index (κ2) is 7.43. The molecule has 0 radical (unpaired) electrons. The van der Waals surface area contributed by atoms with Crippen molar-refractivity contribution in [1.82, 2.24) is 4.90 Å². The molecule has 1 heterocycles. The highest BCUT2D eigenvalue weighted by Crippen LogP contribution is 2.28. The van der Waals surface area contributed by atoms with Crippen molar-refractivity contribution in [1.29, 1.82) is 0 Å². The highest BCUT2D eigenvalue weighted by molar-refractivity contribution is 5.97. The Hall–Kier alpha value is -1.59. The van der Waals surface area contributed by atoms with Crippen LogP contribution in [0.25, 0.3) is 0 Å². The molecule has 5 heteroatoms. The third-order valence-corrected chi connectivity index (χ3v) is 3.86. The first-order chi connectivity index (χ1) is 10.2. The lowest BCUT2D eigenvalue weighted by Crippen LogP contribution is -2.42. The van der Waals surface area contributed by atoms with Crippen LogP contribution in [0.3, 0.4) is 0 Å². The van der Waals surface area contributed by atoms with Gasteiger partial charge in [-0.15, -0.1) is 0 Å². The van der Waals surface area contributed by atoms with Gasteiger partial charge in [-0.05, 0) is 25.1 Å². The van der Waals surface area contributed by atoms with Crippen LogP contribution in [0.1, 0.15) is 23.7 Å². The van der Waals surface area contributed by atoms with E-state index in [1.54, 1.807) is 32.4 Å². The fraction of sp³-hybridized carbons (Fsp3) is 0.562. The maximum absolute atomic E-state index is 12.4. The molecular formula is C16H23NO4. The van der Waals surface area contributed by atoms with Crippen molar-refractivity contribution in [3.05, 3.63) is 23.8 Å². The molecule has 1 saturated heterocycles. The third-order valence-electron chi connectivity index (χ3n) is 3.86. The average molecular weight is 293 g/mol. The standard InChI is InChI=1S/C16H23NO4/c1-12(17-6-8-21-9-7-17)10-14(18)13-4-5-15(19-2)16(11-13)20-3/h4-5,11-12H,6-10H2,1-3H3. The van der Waals surface area contributed by atoms with Crippen LogP contribution in [0, 0.1) is 0 Å². The molecule has 0 spiro atoms. The number of rotatable bonds is 6. The van der Waals surface area contributed by atoms with Gasteiger partial charge in [0, 0.05) is 31.1 Å². The lowest BCUT2D eigenvalue weighted by atomic mass is 10.0. The van der Waals surface area contributed by atoms with Crippen LogP contribution in [-0.2, 0) is 4.74 Å². The van der Waals surface area contributed by atoms with Crippen molar-refractivity contribution in [2.24, 2.45) is 0 Å². The van der Waals surface area contributed by atoms with E-state index in [0.29, 0.717) is 23.5 Å². The van der Waals surface area contributed by atoms with E-state index < -0.39 is 0 Å². The number of hydrogen-bond acceptors (Lipinski definition) is 5. The topological polar surface area (TPSA) is 48.0 Å². The summed E-state index contributed by atoms with van der Waals surface area (Å²) in [5.41, 5.74) is 0.660. The van der Waals surface area contributed by atoms with Crippen LogP contribution in [0.5, 0.6) is 11.5 Å². The molecule has 116 valence electrons. The SMILES string of the molecule is COc1ccc(C(=O)CC(C)N2CCOCC2)cc1OC. The highest BCUT2D eigenvalue weighted by atomic mass is 16.5. The van der Waals surface area contributed by atoms with E-state index in [1.165, 1.54) is 0 Å². The molecule has 5 nitrogen and oxygen atoms in total. The van der Waals surface area contributed by atoms with Crippen molar-refractivity contribution >= 4 is 5.78 Å². The molecule has 1 aliphatic heterocycles. The summed E-state index contributed by atoms with van der Waals surface area (Å²) >= 11 is 0. The number of nitrogens with zero attached hydrogens (tertiary/aromatic N) is 1. The van der Waals surface area contributed by atoms with Crippen molar-refractivity contribution in [3.8, 4) is 11.5 Å². The normalized spacial score (nSPS) is 17.3. The Bertz CT molecular complexity index is 483. The first kappa shape index (κ1) is 15.8. The number of Topliss-reactive ketones (excluding diaryl/α,β-unsaturated/α-hetero) is 1. The summed E-state index contributed by atoms with van der Waals surface area (Å²) in [5.74, 6) is 1.34. The Labute approximate surface area is 125 Å². The van der Waals surface area contributed by atoms with Crippen molar-refractivity contribution in [2.75, 3.05) is 40.5 Å². The first-order valence-electron chi connectivity index (χ1n) is 7.22. The third kappa shape index (κ3) is 3.95. The Kier molecular flexibility index (Phi) is 5.59. The van der Waals surface area contributed by atoms with Crippen molar-refractivity contribution < 1.29 is 19.0 Å². The zero-order valence-corrected chi connectivity index (χ0v) is 12.9. The van der Waals surface area contributed by atoms with Crippen molar-refractivity contribution in [2.45, 2.75) is 19.4 Å². The lowest BCUT2D eigenvalue weighted by Gasteiger charge is -2.31. The molecule has 1 fully saturated rings. The Balaban J connectivity index is 2.02. The van der Waals surface area contributed by atoms with E-state index in [9.17, 15) is 4.79 Å². The van der Waals surface area contributed by atoms with Crippen LogP contribution < -0.4 is 9.47 Å². The first-order valence-corrected chi connectivity index (χ1v) is 7.22. The number of carbonyl (C=O) groups excluding carboxylic acids is 1. The van der Waals surface area contributed by atoms with E-state index in [4.69, 9.17) is 14.2 Å². The second-order valence-electron chi connectivity index (χ2n) is 5.19. The molecule has 2 rings (SSSR count). The largest absolute Gasteiger partial charge is 0.493 e. The fourth-order valence-corrected chi connectivity index (χ4v) is 2.54. The number of benzene rings is 1. The smallest absolute Gasteiger partial charge is 0.164 e. The summed E-state index contributed by atoms with van der Waals surface area (Å²) < 4.78 is 15.8. The maximum atomic E-state index is 12.4. The zero-order valence-electron chi connectivity index (χ0n) is 12.9. The lowest BCUT2D eigenvalue weighted by molar-refractivity contribution is 0.0188. The molecular weight excluding hydrogens is 270 g/mol. The van der Waals surface area contributed by atoms with Crippen LogP contribution >= 0.6 is 0 Å². The molecule has 1 aliphatic rings. The van der Waals surface area contributed by atoms with E-state index in [1.807, 2.05) is 0 Å². The van der Waals surface area contributed by atoms with Gasteiger partial charge in [-0.25, -0.2) is 0 Å². The van der Waals surface area contributed by atoms with Gasteiger partial charge in [-0.3, -0.25) is 9.69 Å². The number of ketones is 1. The molecule has 0 N–H and O–H groups in total. The van der Waals surface area contributed by atoms with Crippen LogP contribution in [-0.4, -0.2) is 57.2 Å². The second-order valence-corrected chi connectivity index (χ2v) is 5.19. The van der Waals surface area contributed by atoms with Gasteiger partial charge >= 0.3 is 0 Å². The van der Waals surface area contributed by atoms with Gasteiger partial charge in [0.1, 0.15) is 0 Å². The maximum Gasteiger partial charge on any atom is 0.164 e. The van der Waals surface area contributed by atoms with E-state index in [2.05, 4.69) is 11.8 Å². The van der Waals surface area contributed by atoms with Gasteiger partial charge < -0.3 is 14.2 Å². The minimum Gasteiger partial charge on any atom is -0.493 e. The predicted molar refractivity (Wildman–Crippen MR) is 80.3 cm³/mol. The Morgan fingerprint density at radius 2 is 1.90 bits per heavy atom. The molecule has 0 amide bonds. The number of carbonyl (C=O) groups is 1. The highest BCUT2D eigenvalue weighted by Gasteiger charge is 2.20. The van der Waals surface area contributed by atoms with Gasteiger partial charge in [0.05, 0.1) is 27.4 Å². The van der Waals surface area contributed by atoms with Gasteiger partial charge in [0.15, 0.2) is 17.3 Å². The summed E-state index contributed by atoms with van der Waals surface area (Å²) in [6.07, 6.45) is 0.496. The molecule has 0 aliphatic carbocycles. The molecule has 21 heavy (non-hydrogen) atoms. The molecule has 1 unspecified atom stereocenters. The molecule has 0 bridgehead atoms. The Morgan fingerprint density at radius 1 is 1.24 bits per heavy atom. The summed E-state index contributed by atoms with van der Waals surface area (Å²) in [6.45, 7) is 5.36. The minimum absolute atomic E-state index is 0.120. The summed E-state index contributed by atoms with van der Waals surface area (Å²) in [5, 5.41) is 0. The monoisotopic (exact) mass is 293 g/mol. The van der Waals surface area contributed by atoms with Crippen LogP contribution in [0.2, 0.25) is 0 Å². The van der Waals surface area contributed by atoms with Crippen LogP contribution in [0.15, 0.2) is 18.2 Å². The number of ether oxygens (including phenoxy) is 3. The summed E-state index contributed by atoms with van der Waals surface area (Å²) in [4.78, 5) is 14.7. The van der Waals surface area contributed by atoms with Crippen LogP contribution in [0.4, 0.5) is 0 Å². The van der Waals surface area contributed by atoms with Gasteiger partial charge in [0.2, 0.25) is 0 Å². The number of hydrogen-bond donors (Lipinski definition) is 0. The van der Waals surface area contributed by atoms with E-state index >= 15 is 0 Å². The number of morpholine rings is 1. The number of methoxy groups -OCH3 is 2. The Morgan fingerprint density at radius 3 is 2.52 bits per heavy atom. The molecule has 1 aromatic rings. The van der Waals surface area contributed by atoms with E-state index in [0.717, 1.165) is 26.3 Å². The molecule has 0 aromatic heterocycles. The van der Waals surface area contributed by atoms with Crippen molar-refractivity contribution in [3.63, 3.8) is 0 Å². The average Bonchev–Trinajstić information content (AvgIpc) is 2.54. The molecule has 1 aromatic carbocycles. The quantitative estimate of drug-likeness (QED) is 0.751. The summed E-state index contributed by atoms with van der Waals surface area (Å²) in [6, 6.07) is 5.52. The van der Waals surface area contributed by atoms with Gasteiger partial charge in [-0.2, -0.15) is 0 Å². The minimum atomic E-state index is 0.120. The fourth-order valence-electron chi connectivity index (χ4n) is 2.54. The zero-order chi connectivity index (χ0) is 15.2. The predicted octanol–water partition coefficient (Wildman–Crippen LogP) is 2.00. The van der Waals surface area contributed by atoms with Gasteiger partial charge in [0.25, 0.3) is 0 Å². The van der Waals surface area contributed by atoms with Gasteiger partial charge in [-0.1, -0.05) is 0 Å².